The molecule has 2 rings (SSSR count). The Kier molecular flexibility index (Phi) is 10.1. The molecule has 1 aliphatic heterocycles. The van der Waals surface area contributed by atoms with Crippen LogP contribution >= 0.6 is 24.0 Å². The van der Waals surface area contributed by atoms with Crippen LogP contribution in [0.2, 0.25) is 0 Å². The predicted octanol–water partition coefficient (Wildman–Crippen LogP) is 3.01. The van der Waals surface area contributed by atoms with Gasteiger partial charge >= 0.3 is 0 Å². The standard InChI is InChI=1S/C18H29N3O2.HI/c1-4-16(23-17-8-6-5-7-9-17)12-20-18(19-2)21(3)13-15-10-11-22-14-15;/h5-9,15-16H,4,10-14H2,1-3H3,(H,19,20);1H. The van der Waals surface area contributed by atoms with Crippen molar-refractivity contribution in [2.24, 2.45) is 10.9 Å². The van der Waals surface area contributed by atoms with Gasteiger partial charge in [0.15, 0.2) is 5.96 Å². The second-order valence-electron chi connectivity index (χ2n) is 6.00. The number of hydrogen-bond donors (Lipinski definition) is 1. The Hall–Kier alpha value is -1.02. The van der Waals surface area contributed by atoms with E-state index in [1.165, 1.54) is 0 Å². The molecule has 1 aliphatic rings. The van der Waals surface area contributed by atoms with Crippen LogP contribution in [0.25, 0.3) is 0 Å². The molecule has 1 aromatic rings. The summed E-state index contributed by atoms with van der Waals surface area (Å²) in [4.78, 5) is 6.55. The van der Waals surface area contributed by atoms with E-state index in [0.717, 1.165) is 50.9 Å². The summed E-state index contributed by atoms with van der Waals surface area (Å²) in [6.07, 6.45) is 2.20. The van der Waals surface area contributed by atoms with Crippen molar-refractivity contribution in [1.82, 2.24) is 10.2 Å². The molecular weight excluding hydrogens is 417 g/mol. The molecule has 0 amide bonds. The van der Waals surface area contributed by atoms with Crippen molar-refractivity contribution >= 4 is 29.9 Å². The summed E-state index contributed by atoms with van der Waals surface area (Å²) < 4.78 is 11.5. The Morgan fingerprint density at radius 3 is 2.75 bits per heavy atom. The van der Waals surface area contributed by atoms with E-state index < -0.39 is 0 Å². The molecule has 0 aliphatic carbocycles. The molecule has 0 aromatic heterocycles. The van der Waals surface area contributed by atoms with Gasteiger partial charge in [0.05, 0.1) is 13.2 Å². The lowest BCUT2D eigenvalue weighted by molar-refractivity contribution is 0.180. The van der Waals surface area contributed by atoms with Gasteiger partial charge < -0.3 is 19.7 Å². The summed E-state index contributed by atoms with van der Waals surface area (Å²) in [7, 11) is 3.90. The highest BCUT2D eigenvalue weighted by Gasteiger charge is 2.19. The summed E-state index contributed by atoms with van der Waals surface area (Å²) in [5, 5.41) is 3.42. The van der Waals surface area contributed by atoms with Crippen molar-refractivity contribution in [3.05, 3.63) is 30.3 Å². The molecular formula is C18H30IN3O2. The van der Waals surface area contributed by atoms with E-state index >= 15 is 0 Å². The molecule has 2 atom stereocenters. The number of nitrogens with zero attached hydrogens (tertiary/aromatic N) is 2. The van der Waals surface area contributed by atoms with Crippen LogP contribution in [-0.4, -0.2) is 57.4 Å². The van der Waals surface area contributed by atoms with Crippen LogP contribution in [0.3, 0.4) is 0 Å². The minimum Gasteiger partial charge on any atom is -0.489 e. The number of hydrogen-bond acceptors (Lipinski definition) is 3. The van der Waals surface area contributed by atoms with E-state index in [1.807, 2.05) is 37.4 Å². The van der Waals surface area contributed by atoms with Gasteiger partial charge in [0.25, 0.3) is 0 Å². The number of benzene rings is 1. The van der Waals surface area contributed by atoms with Gasteiger partial charge in [0, 0.05) is 33.2 Å². The van der Waals surface area contributed by atoms with E-state index in [-0.39, 0.29) is 30.1 Å². The van der Waals surface area contributed by atoms with Crippen molar-refractivity contribution in [1.29, 1.82) is 0 Å². The fourth-order valence-corrected chi connectivity index (χ4v) is 2.75. The minimum absolute atomic E-state index is 0. The third-order valence-corrected chi connectivity index (χ3v) is 4.12. The quantitative estimate of drug-likeness (QED) is 0.397. The van der Waals surface area contributed by atoms with Crippen molar-refractivity contribution in [3.8, 4) is 5.75 Å². The van der Waals surface area contributed by atoms with E-state index in [4.69, 9.17) is 9.47 Å². The number of halogens is 1. The lowest BCUT2D eigenvalue weighted by atomic mass is 10.1. The molecule has 0 saturated carbocycles. The first-order chi connectivity index (χ1) is 11.2. The molecule has 1 saturated heterocycles. The van der Waals surface area contributed by atoms with Crippen LogP contribution < -0.4 is 10.1 Å². The van der Waals surface area contributed by atoms with Gasteiger partial charge in [-0.05, 0) is 25.0 Å². The zero-order valence-corrected chi connectivity index (χ0v) is 17.2. The molecule has 136 valence electrons. The zero-order chi connectivity index (χ0) is 16.5. The third-order valence-electron chi connectivity index (χ3n) is 4.12. The van der Waals surface area contributed by atoms with Gasteiger partial charge in [-0.15, -0.1) is 24.0 Å². The van der Waals surface area contributed by atoms with Gasteiger partial charge in [-0.1, -0.05) is 25.1 Å². The molecule has 0 bridgehead atoms. The Morgan fingerprint density at radius 2 is 2.17 bits per heavy atom. The van der Waals surface area contributed by atoms with Crippen LogP contribution in [0.15, 0.2) is 35.3 Å². The fourth-order valence-electron chi connectivity index (χ4n) is 2.75. The molecule has 24 heavy (non-hydrogen) atoms. The van der Waals surface area contributed by atoms with Crippen LogP contribution in [0, 0.1) is 5.92 Å². The molecule has 0 radical (unpaired) electrons. The van der Waals surface area contributed by atoms with E-state index in [2.05, 4.69) is 29.2 Å². The molecule has 6 heteroatoms. The Bertz CT molecular complexity index is 478. The van der Waals surface area contributed by atoms with Crippen LogP contribution in [0.5, 0.6) is 5.75 Å². The zero-order valence-electron chi connectivity index (χ0n) is 14.9. The van der Waals surface area contributed by atoms with Crippen molar-refractivity contribution in [3.63, 3.8) is 0 Å². The van der Waals surface area contributed by atoms with Crippen LogP contribution in [0.1, 0.15) is 19.8 Å². The average molecular weight is 447 g/mol. The number of aliphatic imine (C=N–C) groups is 1. The fraction of sp³-hybridized carbons (Fsp3) is 0.611. The summed E-state index contributed by atoms with van der Waals surface area (Å²) in [5.74, 6) is 2.42. The monoisotopic (exact) mass is 447 g/mol. The van der Waals surface area contributed by atoms with E-state index in [9.17, 15) is 0 Å². The van der Waals surface area contributed by atoms with Gasteiger partial charge in [-0.3, -0.25) is 4.99 Å². The predicted molar refractivity (Wildman–Crippen MR) is 109 cm³/mol. The second kappa shape index (κ2) is 11.5. The van der Waals surface area contributed by atoms with E-state index in [1.54, 1.807) is 0 Å². The van der Waals surface area contributed by atoms with Crippen molar-refractivity contribution in [2.45, 2.75) is 25.9 Å². The smallest absolute Gasteiger partial charge is 0.193 e. The first kappa shape index (κ1) is 21.0. The maximum absolute atomic E-state index is 6.02. The highest BCUT2D eigenvalue weighted by atomic mass is 127. The van der Waals surface area contributed by atoms with E-state index in [0.29, 0.717) is 5.92 Å². The first-order valence-electron chi connectivity index (χ1n) is 8.44. The van der Waals surface area contributed by atoms with Gasteiger partial charge in [-0.25, -0.2) is 0 Å². The second-order valence-corrected chi connectivity index (χ2v) is 6.00. The maximum Gasteiger partial charge on any atom is 0.193 e. The maximum atomic E-state index is 6.02. The number of guanidine groups is 1. The Morgan fingerprint density at radius 1 is 1.42 bits per heavy atom. The third kappa shape index (κ3) is 6.84. The summed E-state index contributed by atoms with van der Waals surface area (Å²) in [6, 6.07) is 9.96. The van der Waals surface area contributed by atoms with Crippen LogP contribution in [0.4, 0.5) is 0 Å². The first-order valence-corrected chi connectivity index (χ1v) is 8.44. The average Bonchev–Trinajstić information content (AvgIpc) is 3.08. The number of ether oxygens (including phenoxy) is 2. The van der Waals surface area contributed by atoms with Gasteiger partial charge in [0.2, 0.25) is 0 Å². The number of rotatable bonds is 7. The Labute approximate surface area is 162 Å². The van der Waals surface area contributed by atoms with Crippen LogP contribution in [-0.2, 0) is 4.74 Å². The molecule has 1 N–H and O–H groups in total. The van der Waals surface area contributed by atoms with Crippen molar-refractivity contribution in [2.75, 3.05) is 40.4 Å². The highest BCUT2D eigenvalue weighted by Crippen LogP contribution is 2.14. The van der Waals surface area contributed by atoms with Gasteiger partial charge in [0.1, 0.15) is 11.9 Å². The summed E-state index contributed by atoms with van der Waals surface area (Å²) in [5.41, 5.74) is 0. The molecule has 2 unspecified atom stereocenters. The normalized spacial score (nSPS) is 18.6. The molecule has 1 aromatic carbocycles. The topological polar surface area (TPSA) is 46.1 Å². The lowest BCUT2D eigenvalue weighted by Crippen LogP contribution is -2.45. The minimum atomic E-state index is 0. The lowest BCUT2D eigenvalue weighted by Gasteiger charge is -2.26. The number of para-hydroxylation sites is 1. The summed E-state index contributed by atoms with van der Waals surface area (Å²) in [6.45, 7) is 5.58. The number of nitrogens with one attached hydrogen (secondary N) is 1. The Balaban J connectivity index is 0.00000288. The van der Waals surface area contributed by atoms with Crippen molar-refractivity contribution < 1.29 is 9.47 Å². The molecule has 1 heterocycles. The molecule has 1 fully saturated rings. The summed E-state index contributed by atoms with van der Waals surface area (Å²) >= 11 is 0. The largest absolute Gasteiger partial charge is 0.489 e. The highest BCUT2D eigenvalue weighted by molar-refractivity contribution is 14.0. The molecule has 0 spiro atoms. The van der Waals surface area contributed by atoms with Gasteiger partial charge in [-0.2, -0.15) is 0 Å². The molecule has 5 nitrogen and oxygen atoms in total. The SMILES string of the molecule is CCC(CNC(=NC)N(C)CC1CCOC1)Oc1ccccc1.I.